The first-order chi connectivity index (χ1) is 9.63. The summed E-state index contributed by atoms with van der Waals surface area (Å²) >= 11 is 5.92. The number of aromatic nitrogens is 4. The zero-order valence-electron chi connectivity index (χ0n) is 11.2. The van der Waals surface area contributed by atoms with Crippen molar-refractivity contribution in [1.82, 2.24) is 19.5 Å². The molecular formula is C12H16ClN7. The minimum atomic E-state index is 0.207. The molecule has 106 valence electrons. The number of halogens is 1. The fraction of sp³-hybridized carbons (Fsp3) is 0.417. The lowest BCUT2D eigenvalue weighted by molar-refractivity contribution is 0.625. The molecule has 2 N–H and O–H groups in total. The highest BCUT2D eigenvalue weighted by Crippen LogP contribution is 2.20. The normalized spacial score (nSPS) is 15.7. The van der Waals surface area contributed by atoms with E-state index in [1.165, 1.54) is 0 Å². The van der Waals surface area contributed by atoms with E-state index in [2.05, 4.69) is 24.8 Å². The lowest BCUT2D eigenvalue weighted by Crippen LogP contribution is -2.47. The number of rotatable bonds is 2. The molecule has 2 aromatic heterocycles. The summed E-state index contributed by atoms with van der Waals surface area (Å²) in [4.78, 5) is 16.9. The monoisotopic (exact) mass is 293 g/mol. The number of nitrogens with two attached hydrogens (primary N) is 1. The molecule has 1 saturated heterocycles. The zero-order valence-corrected chi connectivity index (χ0v) is 12.0. The van der Waals surface area contributed by atoms with E-state index in [-0.39, 0.29) is 5.95 Å². The van der Waals surface area contributed by atoms with Crippen LogP contribution in [0, 0.1) is 0 Å². The molecule has 0 aliphatic carbocycles. The van der Waals surface area contributed by atoms with Crippen LogP contribution in [-0.4, -0.2) is 45.7 Å². The minimum Gasteiger partial charge on any atom is -0.368 e. The van der Waals surface area contributed by atoms with E-state index in [1.807, 2.05) is 24.0 Å². The predicted octanol–water partition coefficient (Wildman–Crippen LogP) is 0.772. The predicted molar refractivity (Wildman–Crippen MR) is 79.1 cm³/mol. The van der Waals surface area contributed by atoms with Gasteiger partial charge in [-0.05, 0) is 0 Å². The van der Waals surface area contributed by atoms with Crippen LogP contribution in [0.2, 0.25) is 5.15 Å². The molecule has 8 heteroatoms. The fourth-order valence-corrected chi connectivity index (χ4v) is 2.57. The number of piperazine rings is 1. The van der Waals surface area contributed by atoms with E-state index in [1.54, 1.807) is 6.07 Å². The number of hydrogen-bond acceptors (Lipinski definition) is 6. The van der Waals surface area contributed by atoms with Gasteiger partial charge < -0.3 is 20.1 Å². The van der Waals surface area contributed by atoms with Gasteiger partial charge in [-0.2, -0.15) is 4.98 Å². The van der Waals surface area contributed by atoms with Crippen molar-refractivity contribution < 1.29 is 0 Å². The van der Waals surface area contributed by atoms with Gasteiger partial charge in [0.25, 0.3) is 0 Å². The molecule has 0 unspecified atom stereocenters. The van der Waals surface area contributed by atoms with Crippen molar-refractivity contribution in [2.75, 3.05) is 41.7 Å². The molecule has 0 atom stereocenters. The number of nitrogens with zero attached hydrogens (tertiary/aromatic N) is 6. The average molecular weight is 294 g/mol. The van der Waals surface area contributed by atoms with E-state index in [0.29, 0.717) is 5.15 Å². The number of anilines is 3. The van der Waals surface area contributed by atoms with Gasteiger partial charge in [0.15, 0.2) is 0 Å². The smallest absolute Gasteiger partial charge is 0.223 e. The van der Waals surface area contributed by atoms with Crippen LogP contribution in [0.25, 0.3) is 0 Å². The molecule has 0 radical (unpaired) electrons. The van der Waals surface area contributed by atoms with Gasteiger partial charge >= 0.3 is 0 Å². The summed E-state index contributed by atoms with van der Waals surface area (Å²) in [5.74, 6) is 1.98. The summed E-state index contributed by atoms with van der Waals surface area (Å²) in [6, 6.07) is 1.74. The zero-order chi connectivity index (χ0) is 14.1. The molecule has 0 spiro atoms. The molecule has 0 saturated carbocycles. The minimum absolute atomic E-state index is 0.207. The van der Waals surface area contributed by atoms with Gasteiger partial charge in [-0.15, -0.1) is 0 Å². The molecule has 1 aliphatic rings. The van der Waals surface area contributed by atoms with Crippen LogP contribution in [0.1, 0.15) is 0 Å². The van der Waals surface area contributed by atoms with Crippen molar-refractivity contribution in [3.05, 3.63) is 23.6 Å². The molecule has 2 aromatic rings. The van der Waals surface area contributed by atoms with Crippen LogP contribution >= 0.6 is 11.6 Å². The summed E-state index contributed by atoms with van der Waals surface area (Å²) in [7, 11) is 2.00. The van der Waals surface area contributed by atoms with Crippen molar-refractivity contribution in [3.8, 4) is 0 Å². The summed E-state index contributed by atoms with van der Waals surface area (Å²) < 4.78 is 2.02. The quantitative estimate of drug-likeness (QED) is 0.825. The van der Waals surface area contributed by atoms with Crippen molar-refractivity contribution in [2.45, 2.75) is 0 Å². The molecule has 1 fully saturated rings. The third-order valence-electron chi connectivity index (χ3n) is 3.38. The van der Waals surface area contributed by atoms with E-state index >= 15 is 0 Å². The van der Waals surface area contributed by atoms with Crippen LogP contribution in [0.5, 0.6) is 0 Å². The maximum absolute atomic E-state index is 5.92. The third-order valence-corrected chi connectivity index (χ3v) is 3.57. The van der Waals surface area contributed by atoms with Gasteiger partial charge in [0.2, 0.25) is 11.9 Å². The standard InChI is InChI=1S/C12H16ClN7/c1-18-3-2-15-12(18)20-6-4-19(5-7-20)10-8-9(13)16-11(14)17-10/h2-3,8H,4-7H2,1H3,(H2,14,16,17). The Labute approximate surface area is 122 Å². The third kappa shape index (κ3) is 2.49. The number of aryl methyl sites for hydroxylation is 1. The number of nitrogen functional groups attached to an aromatic ring is 1. The van der Waals surface area contributed by atoms with Crippen molar-refractivity contribution in [1.29, 1.82) is 0 Å². The van der Waals surface area contributed by atoms with Crippen LogP contribution < -0.4 is 15.5 Å². The van der Waals surface area contributed by atoms with Gasteiger partial charge in [-0.1, -0.05) is 11.6 Å². The van der Waals surface area contributed by atoms with Crippen molar-refractivity contribution in [3.63, 3.8) is 0 Å². The molecule has 1 aliphatic heterocycles. The Bertz CT molecular complexity index is 583. The summed E-state index contributed by atoms with van der Waals surface area (Å²) in [5, 5.41) is 0.374. The van der Waals surface area contributed by atoms with Crippen molar-refractivity contribution >= 4 is 29.3 Å². The van der Waals surface area contributed by atoms with E-state index in [4.69, 9.17) is 17.3 Å². The Morgan fingerprint density at radius 3 is 2.45 bits per heavy atom. The maximum atomic E-state index is 5.92. The Balaban J connectivity index is 1.71. The molecule has 0 amide bonds. The largest absolute Gasteiger partial charge is 0.368 e. The molecule has 20 heavy (non-hydrogen) atoms. The molecular weight excluding hydrogens is 278 g/mol. The Hall–Kier alpha value is -2.02. The van der Waals surface area contributed by atoms with Gasteiger partial charge in [-0.3, -0.25) is 0 Å². The maximum Gasteiger partial charge on any atom is 0.223 e. The number of imidazole rings is 1. The van der Waals surface area contributed by atoms with Crippen LogP contribution in [0.3, 0.4) is 0 Å². The SMILES string of the molecule is Cn1ccnc1N1CCN(c2cc(Cl)nc(N)n2)CC1. The van der Waals surface area contributed by atoms with Gasteiger partial charge in [0.1, 0.15) is 11.0 Å². The molecule has 0 bridgehead atoms. The van der Waals surface area contributed by atoms with E-state index in [0.717, 1.165) is 37.9 Å². The Morgan fingerprint density at radius 2 is 1.85 bits per heavy atom. The Morgan fingerprint density at radius 1 is 1.15 bits per heavy atom. The highest BCUT2D eigenvalue weighted by molar-refractivity contribution is 6.29. The first-order valence-corrected chi connectivity index (χ1v) is 6.78. The molecule has 7 nitrogen and oxygen atoms in total. The second-order valence-corrected chi connectivity index (χ2v) is 5.11. The number of hydrogen-bond donors (Lipinski definition) is 1. The molecule has 0 aromatic carbocycles. The highest BCUT2D eigenvalue weighted by Gasteiger charge is 2.21. The van der Waals surface area contributed by atoms with Crippen LogP contribution in [0.4, 0.5) is 17.7 Å². The van der Waals surface area contributed by atoms with Crippen LogP contribution in [-0.2, 0) is 7.05 Å². The summed E-state index contributed by atoms with van der Waals surface area (Å²) in [5.41, 5.74) is 5.63. The first kappa shape index (κ1) is 13.0. The molecule has 3 rings (SSSR count). The Kier molecular flexibility index (Phi) is 3.35. The van der Waals surface area contributed by atoms with Gasteiger partial charge in [0.05, 0.1) is 0 Å². The van der Waals surface area contributed by atoms with Crippen LogP contribution in [0.15, 0.2) is 18.5 Å². The molecule has 3 heterocycles. The lowest BCUT2D eigenvalue weighted by atomic mass is 10.3. The highest BCUT2D eigenvalue weighted by atomic mass is 35.5. The lowest BCUT2D eigenvalue weighted by Gasteiger charge is -2.35. The second-order valence-electron chi connectivity index (χ2n) is 4.72. The van der Waals surface area contributed by atoms with E-state index in [9.17, 15) is 0 Å². The van der Waals surface area contributed by atoms with Gasteiger partial charge in [0, 0.05) is 51.7 Å². The summed E-state index contributed by atoms with van der Waals surface area (Å²) in [6.45, 7) is 3.46. The topological polar surface area (TPSA) is 76.1 Å². The fourth-order valence-electron chi connectivity index (χ4n) is 2.38. The summed E-state index contributed by atoms with van der Waals surface area (Å²) in [6.07, 6.45) is 3.76. The van der Waals surface area contributed by atoms with Gasteiger partial charge in [-0.25, -0.2) is 9.97 Å². The first-order valence-electron chi connectivity index (χ1n) is 6.41. The average Bonchev–Trinajstić information content (AvgIpc) is 2.84. The van der Waals surface area contributed by atoms with E-state index < -0.39 is 0 Å². The van der Waals surface area contributed by atoms with Crippen molar-refractivity contribution in [2.24, 2.45) is 7.05 Å². The second kappa shape index (κ2) is 5.16.